The maximum atomic E-state index is 13.5. The molecule has 152 valence electrons. The number of amides is 2. The molecule has 1 saturated heterocycles. The number of anilines is 1. The zero-order chi connectivity index (χ0) is 21.2. The number of benzene rings is 3. The normalized spacial score (nSPS) is 19.9. The SMILES string of the molecule is O=C(c1cccc2c(=O)c3ccccc3[nH]c12)N1CCC2(C1)C(=O)Nc1ccccc12. The molecule has 1 fully saturated rings. The Hall–Kier alpha value is -3.93. The Kier molecular flexibility index (Phi) is 3.63. The number of carbonyl (C=O) groups is 2. The van der Waals surface area contributed by atoms with Crippen LogP contribution in [-0.2, 0) is 10.2 Å². The van der Waals surface area contributed by atoms with E-state index in [1.807, 2.05) is 42.5 Å². The van der Waals surface area contributed by atoms with E-state index in [-0.39, 0.29) is 17.2 Å². The first kappa shape index (κ1) is 17.9. The van der Waals surface area contributed by atoms with Crippen molar-refractivity contribution in [1.82, 2.24) is 9.88 Å². The van der Waals surface area contributed by atoms with Crippen LogP contribution in [0.15, 0.2) is 71.5 Å². The van der Waals surface area contributed by atoms with Crippen LogP contribution in [0.5, 0.6) is 0 Å². The molecule has 6 heteroatoms. The smallest absolute Gasteiger partial charge is 0.256 e. The second-order valence-corrected chi connectivity index (χ2v) is 8.29. The fourth-order valence-corrected chi connectivity index (χ4v) is 5.06. The second kappa shape index (κ2) is 6.28. The van der Waals surface area contributed by atoms with Gasteiger partial charge in [-0.15, -0.1) is 0 Å². The van der Waals surface area contributed by atoms with Crippen molar-refractivity contribution in [3.8, 4) is 0 Å². The molecule has 2 aliphatic heterocycles. The summed E-state index contributed by atoms with van der Waals surface area (Å²) >= 11 is 0. The van der Waals surface area contributed by atoms with Gasteiger partial charge in [0.25, 0.3) is 5.91 Å². The van der Waals surface area contributed by atoms with Gasteiger partial charge in [0.2, 0.25) is 5.91 Å². The Morgan fingerprint density at radius 2 is 1.68 bits per heavy atom. The van der Waals surface area contributed by atoms with E-state index in [4.69, 9.17) is 0 Å². The Morgan fingerprint density at radius 3 is 2.58 bits per heavy atom. The minimum absolute atomic E-state index is 0.0543. The summed E-state index contributed by atoms with van der Waals surface area (Å²) in [7, 11) is 0. The van der Waals surface area contributed by atoms with E-state index in [9.17, 15) is 14.4 Å². The quantitative estimate of drug-likeness (QED) is 0.473. The van der Waals surface area contributed by atoms with E-state index < -0.39 is 5.41 Å². The maximum absolute atomic E-state index is 13.5. The number of para-hydroxylation sites is 3. The molecule has 1 atom stereocenters. The highest BCUT2D eigenvalue weighted by Gasteiger charge is 2.52. The van der Waals surface area contributed by atoms with Crippen LogP contribution in [0.2, 0.25) is 0 Å². The number of carbonyl (C=O) groups excluding carboxylic acids is 2. The first-order valence-corrected chi connectivity index (χ1v) is 10.3. The number of pyridine rings is 1. The van der Waals surface area contributed by atoms with Crippen LogP contribution >= 0.6 is 0 Å². The van der Waals surface area contributed by atoms with Gasteiger partial charge in [0.15, 0.2) is 5.43 Å². The number of H-pyrrole nitrogens is 1. The van der Waals surface area contributed by atoms with Gasteiger partial charge in [-0.3, -0.25) is 14.4 Å². The van der Waals surface area contributed by atoms with Crippen LogP contribution in [0.4, 0.5) is 5.69 Å². The first-order chi connectivity index (χ1) is 15.1. The van der Waals surface area contributed by atoms with Crippen molar-refractivity contribution in [3.05, 3.63) is 88.1 Å². The fraction of sp³-hybridized carbons (Fsp3) is 0.160. The lowest BCUT2D eigenvalue weighted by Crippen LogP contribution is -2.39. The highest BCUT2D eigenvalue weighted by molar-refractivity contribution is 6.10. The molecule has 2 N–H and O–H groups in total. The van der Waals surface area contributed by atoms with Gasteiger partial charge < -0.3 is 15.2 Å². The number of hydrogen-bond acceptors (Lipinski definition) is 3. The zero-order valence-electron chi connectivity index (χ0n) is 16.6. The van der Waals surface area contributed by atoms with Crippen molar-refractivity contribution in [2.45, 2.75) is 11.8 Å². The van der Waals surface area contributed by atoms with Gasteiger partial charge in [0.1, 0.15) is 0 Å². The van der Waals surface area contributed by atoms with Crippen molar-refractivity contribution in [1.29, 1.82) is 0 Å². The number of nitrogens with zero attached hydrogens (tertiary/aromatic N) is 1. The predicted molar refractivity (Wildman–Crippen MR) is 119 cm³/mol. The molecule has 1 unspecified atom stereocenters. The topological polar surface area (TPSA) is 82.3 Å². The number of aromatic nitrogens is 1. The van der Waals surface area contributed by atoms with Gasteiger partial charge in [0.05, 0.1) is 16.5 Å². The monoisotopic (exact) mass is 409 g/mol. The maximum Gasteiger partial charge on any atom is 0.256 e. The summed E-state index contributed by atoms with van der Waals surface area (Å²) in [4.78, 5) is 44.4. The molecular formula is C25H19N3O3. The summed E-state index contributed by atoms with van der Waals surface area (Å²) < 4.78 is 0. The van der Waals surface area contributed by atoms with E-state index in [1.165, 1.54) is 0 Å². The molecule has 6 rings (SSSR count). The summed E-state index contributed by atoms with van der Waals surface area (Å²) in [5.74, 6) is -0.230. The van der Waals surface area contributed by atoms with E-state index in [0.717, 1.165) is 11.3 Å². The standard InChI is InChI=1S/C25H19N3O3/c29-22-15-6-1-3-10-19(15)26-21-16(22)7-5-8-17(21)23(30)28-13-12-25(14-28)18-9-2-4-11-20(18)27-24(25)31/h1-11H,12-14H2,(H,26,29)(H,27,31). The van der Waals surface area contributed by atoms with Gasteiger partial charge in [-0.05, 0) is 42.3 Å². The summed E-state index contributed by atoms with van der Waals surface area (Å²) in [6.45, 7) is 0.803. The Labute approximate surface area is 177 Å². The average Bonchev–Trinajstić information content (AvgIpc) is 3.36. The highest BCUT2D eigenvalue weighted by Crippen LogP contribution is 2.44. The molecule has 6 nitrogen and oxygen atoms in total. The van der Waals surface area contributed by atoms with E-state index in [2.05, 4.69) is 10.3 Å². The molecule has 0 saturated carbocycles. The fourth-order valence-electron chi connectivity index (χ4n) is 5.06. The van der Waals surface area contributed by atoms with Crippen molar-refractivity contribution >= 4 is 39.3 Å². The van der Waals surface area contributed by atoms with Gasteiger partial charge in [-0.2, -0.15) is 0 Å². The van der Waals surface area contributed by atoms with Crippen molar-refractivity contribution < 1.29 is 9.59 Å². The summed E-state index contributed by atoms with van der Waals surface area (Å²) in [6, 6.07) is 20.2. The second-order valence-electron chi connectivity index (χ2n) is 8.29. The van der Waals surface area contributed by atoms with Gasteiger partial charge in [0, 0.05) is 35.1 Å². The number of likely N-dealkylation sites (tertiary alicyclic amines) is 1. The molecule has 31 heavy (non-hydrogen) atoms. The van der Waals surface area contributed by atoms with Gasteiger partial charge in [-0.1, -0.05) is 36.4 Å². The first-order valence-electron chi connectivity index (χ1n) is 10.3. The van der Waals surface area contributed by atoms with E-state index in [1.54, 1.807) is 29.2 Å². The van der Waals surface area contributed by atoms with Crippen molar-refractivity contribution in [2.24, 2.45) is 0 Å². The van der Waals surface area contributed by atoms with Crippen molar-refractivity contribution in [2.75, 3.05) is 18.4 Å². The Balaban J connectivity index is 1.43. The molecule has 2 aliphatic rings. The number of hydrogen-bond donors (Lipinski definition) is 2. The third-order valence-corrected chi connectivity index (χ3v) is 6.65. The molecule has 2 amide bonds. The molecule has 1 aromatic heterocycles. The largest absolute Gasteiger partial charge is 0.354 e. The van der Waals surface area contributed by atoms with E-state index >= 15 is 0 Å². The molecule has 0 aliphatic carbocycles. The van der Waals surface area contributed by atoms with E-state index in [0.29, 0.717) is 46.9 Å². The summed E-state index contributed by atoms with van der Waals surface area (Å²) in [5, 5.41) is 4.05. The van der Waals surface area contributed by atoms with Crippen LogP contribution in [0.25, 0.3) is 21.8 Å². The molecule has 0 bridgehead atoms. The van der Waals surface area contributed by atoms with Crippen LogP contribution in [0, 0.1) is 0 Å². The molecule has 1 spiro atoms. The third kappa shape index (κ3) is 2.42. The number of rotatable bonds is 1. The molecule has 3 heterocycles. The van der Waals surface area contributed by atoms with Crippen LogP contribution in [-0.4, -0.2) is 34.8 Å². The Morgan fingerprint density at radius 1 is 0.903 bits per heavy atom. The van der Waals surface area contributed by atoms with Crippen LogP contribution in [0.3, 0.4) is 0 Å². The van der Waals surface area contributed by atoms with Gasteiger partial charge in [-0.25, -0.2) is 0 Å². The third-order valence-electron chi connectivity index (χ3n) is 6.65. The number of fused-ring (bicyclic) bond motifs is 4. The number of nitrogens with one attached hydrogen (secondary N) is 2. The van der Waals surface area contributed by atoms with Crippen molar-refractivity contribution in [3.63, 3.8) is 0 Å². The lowest BCUT2D eigenvalue weighted by Gasteiger charge is -2.23. The van der Waals surface area contributed by atoms with Crippen LogP contribution in [0.1, 0.15) is 22.3 Å². The molecule has 3 aromatic carbocycles. The molecular weight excluding hydrogens is 390 g/mol. The minimum atomic E-state index is -0.711. The van der Waals surface area contributed by atoms with Gasteiger partial charge >= 0.3 is 0 Å². The zero-order valence-corrected chi connectivity index (χ0v) is 16.6. The summed E-state index contributed by atoms with van der Waals surface area (Å²) in [6.07, 6.45) is 0.575. The lowest BCUT2D eigenvalue weighted by molar-refractivity contribution is -0.120. The van der Waals surface area contributed by atoms with Crippen LogP contribution < -0.4 is 10.7 Å². The average molecular weight is 409 g/mol. The Bertz CT molecular complexity index is 1470. The molecule has 0 radical (unpaired) electrons. The molecule has 4 aromatic rings. The lowest BCUT2D eigenvalue weighted by atomic mass is 9.81. The number of aromatic amines is 1. The predicted octanol–water partition coefficient (Wildman–Crippen LogP) is 3.42. The highest BCUT2D eigenvalue weighted by atomic mass is 16.2. The summed E-state index contributed by atoms with van der Waals surface area (Å²) in [5.41, 5.74) is 2.65. The minimum Gasteiger partial charge on any atom is -0.354 e.